The highest BCUT2D eigenvalue weighted by Crippen LogP contribution is 2.17. The Kier molecular flexibility index (Phi) is 4.56. The van der Waals surface area contributed by atoms with Crippen LogP contribution in [0.15, 0.2) is 47.4 Å². The summed E-state index contributed by atoms with van der Waals surface area (Å²) in [5, 5.41) is 0. The van der Waals surface area contributed by atoms with Crippen molar-refractivity contribution in [2.45, 2.75) is 13.5 Å². The number of benzene rings is 1. The highest BCUT2D eigenvalue weighted by molar-refractivity contribution is 6.32. The Balaban J connectivity index is 2.15. The second kappa shape index (κ2) is 6.80. The molecule has 0 aliphatic heterocycles. The van der Waals surface area contributed by atoms with Crippen LogP contribution in [0.3, 0.4) is 0 Å². The highest BCUT2D eigenvalue weighted by atomic mass is 16.5. The van der Waals surface area contributed by atoms with Crippen molar-refractivity contribution in [3.8, 4) is 5.75 Å². The molecule has 0 aliphatic rings. The van der Waals surface area contributed by atoms with Gasteiger partial charge in [0, 0.05) is 6.20 Å². The van der Waals surface area contributed by atoms with Gasteiger partial charge in [-0.15, -0.1) is 0 Å². The van der Waals surface area contributed by atoms with Gasteiger partial charge in [-0.25, -0.2) is 9.78 Å². The second-order valence-electron chi connectivity index (χ2n) is 5.51. The molecule has 0 atom stereocenters. The standard InChI is InChI=1S/C18H15BN2O4/c1-11-8-13(19)9-21-16(11)20-14(18(23)24-2)15(17(21)22)25-10-12-6-4-3-5-7-12/h3-9H,10H2,1-2H3. The van der Waals surface area contributed by atoms with E-state index in [1.807, 2.05) is 30.3 Å². The molecular formula is C18H15BN2O4. The number of aromatic nitrogens is 2. The summed E-state index contributed by atoms with van der Waals surface area (Å²) < 4.78 is 11.6. The normalized spacial score (nSPS) is 10.6. The molecule has 0 bridgehead atoms. The van der Waals surface area contributed by atoms with Crippen molar-refractivity contribution in [3.05, 3.63) is 69.8 Å². The maximum atomic E-state index is 12.8. The lowest BCUT2D eigenvalue weighted by Gasteiger charge is -2.13. The number of carbonyl (C=O) groups excluding carboxylic acids is 1. The minimum Gasteiger partial charge on any atom is -0.481 e. The van der Waals surface area contributed by atoms with Crippen LogP contribution in [0.4, 0.5) is 0 Å². The molecule has 0 saturated heterocycles. The summed E-state index contributed by atoms with van der Waals surface area (Å²) in [6.07, 6.45) is 1.45. The van der Waals surface area contributed by atoms with Gasteiger partial charge >= 0.3 is 11.5 Å². The van der Waals surface area contributed by atoms with Gasteiger partial charge in [0.15, 0.2) is 5.69 Å². The van der Waals surface area contributed by atoms with E-state index >= 15 is 0 Å². The zero-order valence-electron chi connectivity index (χ0n) is 13.9. The molecule has 0 fully saturated rings. The molecule has 2 aromatic heterocycles. The number of ether oxygens (including phenoxy) is 2. The van der Waals surface area contributed by atoms with Crippen LogP contribution >= 0.6 is 0 Å². The van der Waals surface area contributed by atoms with Crippen molar-refractivity contribution in [1.82, 2.24) is 9.38 Å². The van der Waals surface area contributed by atoms with Gasteiger partial charge in [0.1, 0.15) is 20.1 Å². The first-order valence-electron chi connectivity index (χ1n) is 7.58. The van der Waals surface area contributed by atoms with Crippen molar-refractivity contribution in [2.24, 2.45) is 0 Å². The number of carbonyl (C=O) groups is 1. The first-order valence-corrected chi connectivity index (χ1v) is 7.58. The van der Waals surface area contributed by atoms with Crippen molar-refractivity contribution >= 4 is 24.9 Å². The molecule has 2 radical (unpaired) electrons. The molecule has 3 aromatic rings. The highest BCUT2D eigenvalue weighted by Gasteiger charge is 2.22. The lowest BCUT2D eigenvalue weighted by molar-refractivity contribution is 0.0588. The van der Waals surface area contributed by atoms with E-state index in [-0.39, 0.29) is 18.1 Å². The summed E-state index contributed by atoms with van der Waals surface area (Å²) in [6, 6.07) is 11.0. The van der Waals surface area contributed by atoms with E-state index in [1.165, 1.54) is 17.7 Å². The fraction of sp³-hybridized carbons (Fsp3) is 0.167. The predicted octanol–water partition coefficient (Wildman–Crippen LogP) is 1.16. The topological polar surface area (TPSA) is 69.9 Å². The van der Waals surface area contributed by atoms with Crippen LogP contribution in [0.25, 0.3) is 5.65 Å². The first-order chi connectivity index (χ1) is 12.0. The lowest BCUT2D eigenvalue weighted by atomic mass is 9.97. The van der Waals surface area contributed by atoms with Crippen molar-refractivity contribution in [3.63, 3.8) is 0 Å². The summed E-state index contributed by atoms with van der Waals surface area (Å²) in [5.41, 5.74) is 1.58. The Hall–Kier alpha value is -3.09. The van der Waals surface area contributed by atoms with Gasteiger partial charge < -0.3 is 9.47 Å². The third-order valence-corrected chi connectivity index (χ3v) is 3.69. The number of hydrogen-bond donors (Lipinski definition) is 0. The molecule has 6 nitrogen and oxygen atoms in total. The van der Waals surface area contributed by atoms with Crippen LogP contribution in [0.5, 0.6) is 5.75 Å². The van der Waals surface area contributed by atoms with Crippen LogP contribution in [0.1, 0.15) is 21.6 Å². The number of aryl methyl sites for hydroxylation is 1. The van der Waals surface area contributed by atoms with E-state index in [1.54, 1.807) is 13.0 Å². The molecule has 1 aromatic carbocycles. The maximum absolute atomic E-state index is 12.8. The van der Waals surface area contributed by atoms with E-state index in [0.29, 0.717) is 16.7 Å². The minimum absolute atomic E-state index is 0.120. The molecule has 0 N–H and O–H groups in total. The molecule has 124 valence electrons. The Morgan fingerprint density at radius 1 is 1.28 bits per heavy atom. The van der Waals surface area contributed by atoms with E-state index in [0.717, 1.165) is 5.56 Å². The van der Waals surface area contributed by atoms with Gasteiger partial charge in [0.05, 0.1) is 7.11 Å². The fourth-order valence-corrected chi connectivity index (χ4v) is 2.51. The summed E-state index contributed by atoms with van der Waals surface area (Å²) in [7, 11) is 7.04. The summed E-state index contributed by atoms with van der Waals surface area (Å²) in [5.74, 6) is -0.905. The van der Waals surface area contributed by atoms with E-state index in [9.17, 15) is 9.59 Å². The van der Waals surface area contributed by atoms with Gasteiger partial charge in [-0.2, -0.15) is 0 Å². The number of methoxy groups -OCH3 is 1. The van der Waals surface area contributed by atoms with Gasteiger partial charge in [-0.3, -0.25) is 9.20 Å². The van der Waals surface area contributed by atoms with Crippen LogP contribution in [0, 0.1) is 6.92 Å². The Morgan fingerprint density at radius 2 is 2.00 bits per heavy atom. The van der Waals surface area contributed by atoms with Crippen molar-refractivity contribution < 1.29 is 14.3 Å². The summed E-state index contributed by atoms with van der Waals surface area (Å²) in [4.78, 5) is 29.2. The number of nitrogens with zero attached hydrogens (tertiary/aromatic N) is 2. The first kappa shape index (κ1) is 16.8. The molecule has 0 saturated carbocycles. The Labute approximate surface area is 145 Å². The quantitative estimate of drug-likeness (QED) is 0.529. The fourth-order valence-electron chi connectivity index (χ4n) is 2.51. The lowest BCUT2D eigenvalue weighted by Crippen LogP contribution is -2.25. The average Bonchev–Trinajstić information content (AvgIpc) is 2.61. The number of esters is 1. The van der Waals surface area contributed by atoms with E-state index in [4.69, 9.17) is 17.3 Å². The maximum Gasteiger partial charge on any atom is 0.360 e. The van der Waals surface area contributed by atoms with Crippen LogP contribution < -0.4 is 15.8 Å². The largest absolute Gasteiger partial charge is 0.481 e. The molecule has 25 heavy (non-hydrogen) atoms. The Bertz CT molecular complexity index is 999. The van der Waals surface area contributed by atoms with Crippen molar-refractivity contribution in [1.29, 1.82) is 0 Å². The van der Waals surface area contributed by atoms with Gasteiger partial charge in [-0.05, 0) is 18.1 Å². The van der Waals surface area contributed by atoms with Crippen LogP contribution in [-0.4, -0.2) is 30.3 Å². The predicted molar refractivity (Wildman–Crippen MR) is 93.7 cm³/mol. The number of fused-ring (bicyclic) bond motifs is 1. The molecular weight excluding hydrogens is 319 g/mol. The second-order valence-corrected chi connectivity index (χ2v) is 5.51. The number of hydrogen-bond acceptors (Lipinski definition) is 5. The monoisotopic (exact) mass is 334 g/mol. The smallest absolute Gasteiger partial charge is 0.360 e. The van der Waals surface area contributed by atoms with Crippen LogP contribution in [-0.2, 0) is 11.3 Å². The SMILES string of the molecule is [B]c1cc(C)c2nc(C(=O)OC)c(OCc3ccccc3)c(=O)n2c1. The van der Waals surface area contributed by atoms with E-state index < -0.39 is 11.5 Å². The third-order valence-electron chi connectivity index (χ3n) is 3.69. The summed E-state index contributed by atoms with van der Waals surface area (Å²) in [6.45, 7) is 1.87. The molecule has 7 heteroatoms. The molecule has 0 unspecified atom stereocenters. The third kappa shape index (κ3) is 3.26. The molecule has 2 heterocycles. The van der Waals surface area contributed by atoms with Crippen molar-refractivity contribution in [2.75, 3.05) is 7.11 Å². The van der Waals surface area contributed by atoms with Crippen LogP contribution in [0.2, 0.25) is 0 Å². The molecule has 0 amide bonds. The van der Waals surface area contributed by atoms with Gasteiger partial charge in [-0.1, -0.05) is 41.9 Å². The van der Waals surface area contributed by atoms with Gasteiger partial charge in [0.25, 0.3) is 0 Å². The molecule has 3 rings (SSSR count). The zero-order valence-corrected chi connectivity index (χ0v) is 13.9. The Morgan fingerprint density at radius 3 is 2.68 bits per heavy atom. The van der Waals surface area contributed by atoms with Gasteiger partial charge in [0.2, 0.25) is 5.75 Å². The minimum atomic E-state index is -0.737. The average molecular weight is 334 g/mol. The number of rotatable bonds is 4. The molecule has 0 aliphatic carbocycles. The summed E-state index contributed by atoms with van der Waals surface area (Å²) >= 11 is 0. The molecule has 0 spiro atoms. The zero-order chi connectivity index (χ0) is 18.0. The number of pyridine rings is 1. The van der Waals surface area contributed by atoms with E-state index in [2.05, 4.69) is 4.98 Å².